The number of carbonyl (C=O) groups excluding carboxylic acids is 1. The van der Waals surface area contributed by atoms with E-state index < -0.39 is 0 Å². The first-order chi connectivity index (χ1) is 15.1. The molecule has 1 aromatic heterocycles. The van der Waals surface area contributed by atoms with Crippen molar-refractivity contribution in [1.82, 2.24) is 19.7 Å². The van der Waals surface area contributed by atoms with Crippen LogP contribution >= 0.6 is 0 Å². The molecule has 2 aliphatic rings. The Morgan fingerprint density at radius 3 is 2.65 bits per heavy atom. The minimum Gasteiger partial charge on any atom is -0.497 e. The van der Waals surface area contributed by atoms with Crippen molar-refractivity contribution in [3.63, 3.8) is 0 Å². The van der Waals surface area contributed by atoms with E-state index in [1.165, 1.54) is 6.07 Å². The van der Waals surface area contributed by atoms with Crippen LogP contribution in [0.1, 0.15) is 22.0 Å². The number of rotatable bonds is 5. The number of benzene rings is 2. The van der Waals surface area contributed by atoms with E-state index in [1.54, 1.807) is 37.4 Å². The fourth-order valence-corrected chi connectivity index (χ4v) is 4.65. The summed E-state index contributed by atoms with van der Waals surface area (Å²) >= 11 is 0. The van der Waals surface area contributed by atoms with Crippen LogP contribution in [0.4, 0.5) is 10.1 Å². The maximum Gasteiger partial charge on any atom is 0.293 e. The Morgan fingerprint density at radius 2 is 1.87 bits per heavy atom. The van der Waals surface area contributed by atoms with E-state index in [9.17, 15) is 9.18 Å². The molecule has 160 valence electrons. The molecular formula is C23H24FN5O2. The van der Waals surface area contributed by atoms with Crippen LogP contribution in [0.25, 0.3) is 0 Å². The summed E-state index contributed by atoms with van der Waals surface area (Å²) in [5.74, 6) is 2.30. The van der Waals surface area contributed by atoms with Gasteiger partial charge >= 0.3 is 0 Å². The Bertz CT molecular complexity index is 1100. The van der Waals surface area contributed by atoms with Gasteiger partial charge in [0.25, 0.3) is 5.91 Å². The quantitative estimate of drug-likeness (QED) is 0.686. The van der Waals surface area contributed by atoms with E-state index in [0.29, 0.717) is 36.4 Å². The van der Waals surface area contributed by atoms with Crippen molar-refractivity contribution in [2.75, 3.05) is 25.5 Å². The predicted molar refractivity (Wildman–Crippen MR) is 113 cm³/mol. The number of hydrogen-bond acceptors (Lipinski definition) is 5. The normalized spacial score (nSPS) is 20.2. The van der Waals surface area contributed by atoms with Gasteiger partial charge in [0.05, 0.1) is 7.11 Å². The second-order valence-electron chi connectivity index (χ2n) is 8.24. The van der Waals surface area contributed by atoms with Crippen LogP contribution in [0, 0.1) is 17.7 Å². The summed E-state index contributed by atoms with van der Waals surface area (Å²) in [7, 11) is 1.60. The number of fused-ring (bicyclic) bond motifs is 2. The zero-order chi connectivity index (χ0) is 21.4. The van der Waals surface area contributed by atoms with Gasteiger partial charge < -0.3 is 14.6 Å². The molecule has 1 N–H and O–H groups in total. The van der Waals surface area contributed by atoms with E-state index in [-0.39, 0.29) is 11.7 Å². The minimum atomic E-state index is -0.274. The SMILES string of the molecule is COc1ccc(NC(=O)c2nnc3n2C[C@@H]2CN(Cc4ccccc4F)C[C@@H]2C3)cc1. The van der Waals surface area contributed by atoms with Gasteiger partial charge in [-0.2, -0.15) is 0 Å². The molecule has 2 atom stereocenters. The molecule has 0 aliphatic carbocycles. The van der Waals surface area contributed by atoms with E-state index in [4.69, 9.17) is 4.74 Å². The van der Waals surface area contributed by atoms with E-state index in [0.717, 1.165) is 36.6 Å². The van der Waals surface area contributed by atoms with Crippen LogP contribution in [-0.2, 0) is 19.5 Å². The predicted octanol–water partition coefficient (Wildman–Crippen LogP) is 2.98. The molecule has 3 aromatic rings. The number of aromatic nitrogens is 3. The summed E-state index contributed by atoms with van der Waals surface area (Å²) in [6.07, 6.45) is 0.779. The van der Waals surface area contributed by atoms with E-state index in [2.05, 4.69) is 20.4 Å². The van der Waals surface area contributed by atoms with Crippen LogP contribution in [0.5, 0.6) is 5.75 Å². The van der Waals surface area contributed by atoms with Gasteiger partial charge in [0.1, 0.15) is 17.4 Å². The molecule has 0 unspecified atom stereocenters. The van der Waals surface area contributed by atoms with Crippen LogP contribution in [-0.4, -0.2) is 45.8 Å². The van der Waals surface area contributed by atoms with Gasteiger partial charge in [-0.25, -0.2) is 4.39 Å². The Labute approximate surface area is 179 Å². The fraction of sp³-hybridized carbons (Fsp3) is 0.348. The zero-order valence-electron chi connectivity index (χ0n) is 17.3. The lowest BCUT2D eigenvalue weighted by Crippen LogP contribution is -2.31. The number of anilines is 1. The summed E-state index contributed by atoms with van der Waals surface area (Å²) in [4.78, 5) is 15.1. The number of hydrogen-bond donors (Lipinski definition) is 1. The average Bonchev–Trinajstić information content (AvgIpc) is 3.37. The lowest BCUT2D eigenvalue weighted by Gasteiger charge is -2.25. The highest BCUT2D eigenvalue weighted by Crippen LogP contribution is 2.33. The number of likely N-dealkylation sites (tertiary alicyclic amines) is 1. The second kappa shape index (κ2) is 8.11. The molecule has 8 heteroatoms. The van der Waals surface area contributed by atoms with Crippen LogP contribution < -0.4 is 10.1 Å². The summed E-state index contributed by atoms with van der Waals surface area (Å²) in [6, 6.07) is 14.1. The van der Waals surface area contributed by atoms with Gasteiger partial charge in [0, 0.05) is 43.9 Å². The summed E-state index contributed by atoms with van der Waals surface area (Å²) in [6.45, 7) is 3.08. The zero-order valence-corrected chi connectivity index (χ0v) is 17.3. The first-order valence-electron chi connectivity index (χ1n) is 10.4. The summed E-state index contributed by atoms with van der Waals surface area (Å²) < 4.78 is 21.1. The van der Waals surface area contributed by atoms with Gasteiger partial charge in [-0.1, -0.05) is 18.2 Å². The van der Waals surface area contributed by atoms with Crippen molar-refractivity contribution >= 4 is 11.6 Å². The molecular weight excluding hydrogens is 397 g/mol. The lowest BCUT2D eigenvalue weighted by molar-refractivity contribution is 0.100. The van der Waals surface area contributed by atoms with Gasteiger partial charge in [-0.05, 0) is 42.2 Å². The Balaban J connectivity index is 1.27. The molecule has 5 rings (SSSR count). The molecule has 1 saturated heterocycles. The number of methoxy groups -OCH3 is 1. The van der Waals surface area contributed by atoms with Crippen molar-refractivity contribution in [1.29, 1.82) is 0 Å². The van der Waals surface area contributed by atoms with Gasteiger partial charge in [0.2, 0.25) is 5.82 Å². The molecule has 0 radical (unpaired) electrons. The highest BCUT2D eigenvalue weighted by Gasteiger charge is 2.39. The van der Waals surface area contributed by atoms with Crippen molar-refractivity contribution < 1.29 is 13.9 Å². The van der Waals surface area contributed by atoms with Gasteiger partial charge in [0.15, 0.2) is 0 Å². The molecule has 31 heavy (non-hydrogen) atoms. The Kier molecular flexibility index (Phi) is 5.15. The third-order valence-electron chi connectivity index (χ3n) is 6.24. The molecule has 2 aliphatic heterocycles. The minimum absolute atomic E-state index is 0.160. The number of ether oxygens (including phenoxy) is 1. The number of nitrogens with zero attached hydrogens (tertiary/aromatic N) is 4. The molecule has 1 fully saturated rings. The first kappa shape index (κ1) is 19.7. The topological polar surface area (TPSA) is 72.3 Å². The third kappa shape index (κ3) is 3.90. The molecule has 0 bridgehead atoms. The molecule has 0 saturated carbocycles. The summed E-state index contributed by atoms with van der Waals surface area (Å²) in [5, 5.41) is 11.3. The van der Waals surface area contributed by atoms with E-state index >= 15 is 0 Å². The van der Waals surface area contributed by atoms with Crippen LogP contribution in [0.2, 0.25) is 0 Å². The molecule has 0 spiro atoms. The third-order valence-corrected chi connectivity index (χ3v) is 6.24. The van der Waals surface area contributed by atoms with Crippen molar-refractivity contribution in [3.8, 4) is 5.75 Å². The fourth-order valence-electron chi connectivity index (χ4n) is 4.65. The standard InChI is InChI=1S/C23H24FN5O2/c1-31-19-8-6-18(7-9-19)25-23(30)22-27-26-21-10-16-12-28(13-17(16)14-29(21)22)11-15-4-2-3-5-20(15)24/h2-9,16-17H,10-14H2,1H3,(H,25,30)/t16-,17-/m0/s1. The molecule has 7 nitrogen and oxygen atoms in total. The smallest absolute Gasteiger partial charge is 0.293 e. The highest BCUT2D eigenvalue weighted by atomic mass is 19.1. The van der Waals surface area contributed by atoms with Crippen molar-refractivity contribution in [2.45, 2.75) is 19.5 Å². The monoisotopic (exact) mass is 421 g/mol. The van der Waals surface area contributed by atoms with E-state index in [1.807, 2.05) is 16.7 Å². The molecule has 1 amide bonds. The first-order valence-corrected chi connectivity index (χ1v) is 10.4. The molecule has 2 aromatic carbocycles. The lowest BCUT2D eigenvalue weighted by atomic mass is 9.89. The largest absolute Gasteiger partial charge is 0.497 e. The second-order valence-corrected chi connectivity index (χ2v) is 8.24. The van der Waals surface area contributed by atoms with Gasteiger partial charge in [-0.3, -0.25) is 9.69 Å². The van der Waals surface area contributed by atoms with Crippen molar-refractivity contribution in [3.05, 3.63) is 71.6 Å². The van der Waals surface area contributed by atoms with Crippen LogP contribution in [0.3, 0.4) is 0 Å². The average molecular weight is 421 g/mol. The van der Waals surface area contributed by atoms with Gasteiger partial charge in [-0.15, -0.1) is 10.2 Å². The maximum absolute atomic E-state index is 14.0. The molecule has 3 heterocycles. The number of carbonyl (C=O) groups is 1. The number of halogens is 1. The van der Waals surface area contributed by atoms with Crippen LogP contribution in [0.15, 0.2) is 48.5 Å². The Hall–Kier alpha value is -3.26. The highest BCUT2D eigenvalue weighted by molar-refractivity contribution is 6.01. The summed E-state index contributed by atoms with van der Waals surface area (Å²) in [5.41, 5.74) is 1.40. The Morgan fingerprint density at radius 1 is 1.10 bits per heavy atom. The number of nitrogens with one attached hydrogen (secondary N) is 1. The van der Waals surface area contributed by atoms with Crippen molar-refractivity contribution in [2.24, 2.45) is 11.8 Å². The number of amides is 1. The maximum atomic E-state index is 14.0.